The topological polar surface area (TPSA) is 167 Å². The summed E-state index contributed by atoms with van der Waals surface area (Å²) in [5.41, 5.74) is -0.0448. The third-order valence-corrected chi connectivity index (χ3v) is 7.68. The Morgan fingerprint density at radius 2 is 1.55 bits per heavy atom. The van der Waals surface area contributed by atoms with Crippen molar-refractivity contribution in [3.05, 3.63) is 36.4 Å². The molecule has 12 nitrogen and oxygen atoms in total. The summed E-state index contributed by atoms with van der Waals surface area (Å²) in [5, 5.41) is 25.7. The second-order valence-electron chi connectivity index (χ2n) is 10.1. The molecular formula is C27H42N4O8S. The van der Waals surface area contributed by atoms with E-state index < -0.39 is 27.4 Å². The molecule has 2 aromatic carbocycles. The SMILES string of the molecule is CN(C)c1cccc2c(S(=O)(=O)NCCOCCOCCNC(=O)CCNC(=O)[C@H](O)C(C)(C)CO)cccc12. The van der Waals surface area contributed by atoms with Gasteiger partial charge in [-0.15, -0.1) is 0 Å². The van der Waals surface area contributed by atoms with E-state index in [1.165, 1.54) is 0 Å². The number of carbonyl (C=O) groups is 2. The van der Waals surface area contributed by atoms with Crippen molar-refractivity contribution >= 4 is 38.3 Å². The fourth-order valence-corrected chi connectivity index (χ4v) is 4.96. The van der Waals surface area contributed by atoms with Crippen molar-refractivity contribution in [2.75, 3.05) is 71.7 Å². The first-order valence-electron chi connectivity index (χ1n) is 13.1. The number of nitrogens with zero attached hydrogens (tertiary/aromatic N) is 1. The quantitative estimate of drug-likeness (QED) is 0.155. The molecule has 0 aliphatic carbocycles. The third-order valence-electron chi connectivity index (χ3n) is 6.16. The van der Waals surface area contributed by atoms with Crippen molar-refractivity contribution in [2.45, 2.75) is 31.3 Å². The van der Waals surface area contributed by atoms with Gasteiger partial charge in [0.15, 0.2) is 0 Å². The molecular weight excluding hydrogens is 540 g/mol. The summed E-state index contributed by atoms with van der Waals surface area (Å²) in [6, 6.07) is 10.8. The van der Waals surface area contributed by atoms with E-state index >= 15 is 0 Å². The zero-order valence-electron chi connectivity index (χ0n) is 23.6. The van der Waals surface area contributed by atoms with Gasteiger partial charge in [0.05, 0.1) is 37.9 Å². The smallest absolute Gasteiger partial charge is 0.249 e. The van der Waals surface area contributed by atoms with E-state index in [4.69, 9.17) is 9.47 Å². The van der Waals surface area contributed by atoms with E-state index in [0.29, 0.717) is 5.39 Å². The standard InChI is InChI=1S/C27H42N4O8S/c1-27(2,19-32)25(34)26(35)29-12-11-24(33)28-13-15-38-17-18-39-16-14-30-40(36,37)23-10-6-7-20-21(23)8-5-9-22(20)31(3)4/h5-10,25,30,32,34H,11-19H2,1-4H3,(H,28,33)(H,29,35)/t25-/m0/s1. The average Bonchev–Trinajstić information content (AvgIpc) is 2.92. The maximum absolute atomic E-state index is 12.9. The molecule has 0 aliphatic heterocycles. The first-order chi connectivity index (χ1) is 18.9. The number of ether oxygens (including phenoxy) is 2. The highest BCUT2D eigenvalue weighted by atomic mass is 32.2. The number of hydrogen-bond donors (Lipinski definition) is 5. The van der Waals surface area contributed by atoms with Crippen LogP contribution in [0, 0.1) is 5.41 Å². The van der Waals surface area contributed by atoms with Crippen LogP contribution in [-0.2, 0) is 29.1 Å². The summed E-state index contributed by atoms with van der Waals surface area (Å²) in [5.74, 6) is -0.928. The van der Waals surface area contributed by atoms with E-state index in [2.05, 4.69) is 15.4 Å². The molecule has 0 aromatic heterocycles. The fraction of sp³-hybridized carbons (Fsp3) is 0.556. The van der Waals surface area contributed by atoms with E-state index in [-0.39, 0.29) is 69.9 Å². The molecule has 0 radical (unpaired) electrons. The molecule has 0 saturated heterocycles. The van der Waals surface area contributed by atoms with Gasteiger partial charge in [-0.2, -0.15) is 0 Å². The number of fused-ring (bicyclic) bond motifs is 1. The first-order valence-corrected chi connectivity index (χ1v) is 14.6. The van der Waals surface area contributed by atoms with Crippen molar-refractivity contribution in [1.29, 1.82) is 0 Å². The van der Waals surface area contributed by atoms with Gasteiger partial charge in [-0.3, -0.25) is 9.59 Å². The number of nitrogens with one attached hydrogen (secondary N) is 3. The largest absolute Gasteiger partial charge is 0.396 e. The van der Waals surface area contributed by atoms with Crippen molar-refractivity contribution in [3.8, 4) is 0 Å². The Hall–Kier alpha value is -2.81. The molecule has 0 bridgehead atoms. The van der Waals surface area contributed by atoms with Crippen LogP contribution in [0.25, 0.3) is 10.8 Å². The van der Waals surface area contributed by atoms with Crippen LogP contribution in [0.1, 0.15) is 20.3 Å². The van der Waals surface area contributed by atoms with Gasteiger partial charge in [-0.1, -0.05) is 38.1 Å². The normalized spacial score (nSPS) is 12.8. The van der Waals surface area contributed by atoms with Gasteiger partial charge in [0, 0.05) is 62.0 Å². The summed E-state index contributed by atoms with van der Waals surface area (Å²) >= 11 is 0. The van der Waals surface area contributed by atoms with Crippen molar-refractivity contribution < 1.29 is 37.7 Å². The van der Waals surface area contributed by atoms with Crippen LogP contribution in [0.3, 0.4) is 0 Å². The second-order valence-corrected chi connectivity index (χ2v) is 11.8. The molecule has 0 unspecified atom stereocenters. The van der Waals surface area contributed by atoms with Crippen LogP contribution in [0.2, 0.25) is 0 Å². The number of carbonyl (C=O) groups excluding carboxylic acids is 2. The number of hydrogen-bond acceptors (Lipinski definition) is 9. The molecule has 224 valence electrons. The number of anilines is 1. The maximum Gasteiger partial charge on any atom is 0.249 e. The molecule has 13 heteroatoms. The predicted octanol–water partition coefficient (Wildman–Crippen LogP) is 0.219. The van der Waals surface area contributed by atoms with Crippen LogP contribution in [-0.4, -0.2) is 103 Å². The summed E-state index contributed by atoms with van der Waals surface area (Å²) in [6.07, 6.45) is -1.34. The maximum atomic E-state index is 12.9. The van der Waals surface area contributed by atoms with Gasteiger partial charge < -0.3 is 35.2 Å². The van der Waals surface area contributed by atoms with E-state index in [1.807, 2.05) is 37.2 Å². The van der Waals surface area contributed by atoms with Gasteiger partial charge in [0.25, 0.3) is 0 Å². The zero-order valence-corrected chi connectivity index (χ0v) is 24.4. The summed E-state index contributed by atoms with van der Waals surface area (Å²) < 4.78 is 39.2. The fourth-order valence-electron chi connectivity index (χ4n) is 3.73. The Morgan fingerprint density at radius 1 is 0.925 bits per heavy atom. The highest BCUT2D eigenvalue weighted by Gasteiger charge is 2.32. The van der Waals surface area contributed by atoms with Crippen LogP contribution >= 0.6 is 0 Å². The molecule has 40 heavy (non-hydrogen) atoms. The lowest BCUT2D eigenvalue weighted by atomic mass is 9.87. The minimum Gasteiger partial charge on any atom is -0.396 e. The van der Waals surface area contributed by atoms with Crippen LogP contribution in [0.15, 0.2) is 41.3 Å². The molecule has 0 saturated carbocycles. The molecule has 2 aromatic rings. The zero-order chi connectivity index (χ0) is 29.8. The van der Waals surface area contributed by atoms with Gasteiger partial charge in [0.1, 0.15) is 6.10 Å². The highest BCUT2D eigenvalue weighted by Crippen LogP contribution is 2.30. The predicted molar refractivity (Wildman–Crippen MR) is 153 cm³/mol. The molecule has 5 N–H and O–H groups in total. The molecule has 2 amide bonds. The molecule has 0 fully saturated rings. The Bertz CT molecular complexity index is 1220. The van der Waals surface area contributed by atoms with Crippen LogP contribution < -0.4 is 20.3 Å². The van der Waals surface area contributed by atoms with Crippen molar-refractivity contribution in [3.63, 3.8) is 0 Å². The lowest BCUT2D eigenvalue weighted by Crippen LogP contribution is -2.46. The molecule has 0 aliphatic rings. The monoisotopic (exact) mass is 582 g/mol. The van der Waals surface area contributed by atoms with Crippen LogP contribution in [0.5, 0.6) is 0 Å². The number of sulfonamides is 1. The Morgan fingerprint density at radius 3 is 2.20 bits per heavy atom. The molecule has 2 rings (SSSR count). The highest BCUT2D eigenvalue weighted by molar-refractivity contribution is 7.89. The number of amides is 2. The Labute approximate surface area is 236 Å². The first kappa shape index (κ1) is 33.4. The Balaban J connectivity index is 1.58. The van der Waals surface area contributed by atoms with Crippen LogP contribution in [0.4, 0.5) is 5.69 Å². The Kier molecular flexibility index (Phi) is 13.2. The van der Waals surface area contributed by atoms with E-state index in [9.17, 15) is 28.2 Å². The third kappa shape index (κ3) is 9.98. The minimum atomic E-state index is -3.73. The number of benzene rings is 2. The molecule has 0 heterocycles. The van der Waals surface area contributed by atoms with Gasteiger partial charge in [-0.25, -0.2) is 13.1 Å². The summed E-state index contributed by atoms with van der Waals surface area (Å²) in [4.78, 5) is 25.9. The summed E-state index contributed by atoms with van der Waals surface area (Å²) in [6.45, 7) is 4.16. The van der Waals surface area contributed by atoms with Gasteiger partial charge in [0.2, 0.25) is 21.8 Å². The molecule has 1 atom stereocenters. The van der Waals surface area contributed by atoms with Gasteiger partial charge in [-0.05, 0) is 12.1 Å². The van der Waals surface area contributed by atoms with E-state index in [1.54, 1.807) is 32.0 Å². The van der Waals surface area contributed by atoms with E-state index in [0.717, 1.165) is 11.1 Å². The minimum absolute atomic E-state index is 0.0343. The summed E-state index contributed by atoms with van der Waals surface area (Å²) in [7, 11) is 0.0861. The second kappa shape index (κ2) is 15.8. The van der Waals surface area contributed by atoms with Gasteiger partial charge >= 0.3 is 0 Å². The lowest BCUT2D eigenvalue weighted by Gasteiger charge is -2.27. The lowest BCUT2D eigenvalue weighted by molar-refractivity contribution is -0.137. The number of aliphatic hydroxyl groups is 2. The average molecular weight is 583 g/mol. The van der Waals surface area contributed by atoms with Crippen molar-refractivity contribution in [1.82, 2.24) is 15.4 Å². The number of rotatable bonds is 18. The van der Waals surface area contributed by atoms with Crippen molar-refractivity contribution in [2.24, 2.45) is 5.41 Å². The molecule has 0 spiro atoms. The number of aliphatic hydroxyl groups excluding tert-OH is 2.